The second-order valence-electron chi connectivity index (χ2n) is 3.34. The minimum absolute atomic E-state index is 0.922. The van der Waals surface area contributed by atoms with Crippen molar-refractivity contribution in [3.05, 3.63) is 21.4 Å². The Bertz CT molecular complexity index is 336. The summed E-state index contributed by atoms with van der Waals surface area (Å²) in [6.45, 7) is 6.23. The Morgan fingerprint density at radius 2 is 2.36 bits per heavy atom. The summed E-state index contributed by atoms with van der Waals surface area (Å²) in [6.07, 6.45) is 0. The van der Waals surface area contributed by atoms with Crippen molar-refractivity contribution in [2.24, 2.45) is 4.99 Å². The topological polar surface area (TPSA) is 24.4 Å². The van der Waals surface area contributed by atoms with E-state index in [-0.39, 0.29) is 0 Å². The van der Waals surface area contributed by atoms with E-state index in [1.54, 1.807) is 0 Å². The third-order valence-electron chi connectivity index (χ3n) is 2.22. The van der Waals surface area contributed by atoms with Gasteiger partial charge in [0, 0.05) is 15.5 Å². The smallest absolute Gasteiger partial charge is 0.156 e. The van der Waals surface area contributed by atoms with Gasteiger partial charge in [0.05, 0.1) is 13.1 Å². The van der Waals surface area contributed by atoms with E-state index in [1.165, 1.54) is 15.3 Å². The normalized spacial score (nSPS) is 15.7. The van der Waals surface area contributed by atoms with Crippen molar-refractivity contribution in [3.8, 4) is 0 Å². The molecule has 0 atom stereocenters. The van der Waals surface area contributed by atoms with Crippen LogP contribution in [0.15, 0.2) is 11.1 Å². The van der Waals surface area contributed by atoms with Crippen LogP contribution < -0.4 is 5.32 Å². The zero-order chi connectivity index (χ0) is 9.97. The average molecular weight is 226 g/mol. The molecule has 0 unspecified atom stereocenters. The van der Waals surface area contributed by atoms with E-state index >= 15 is 0 Å². The molecular formula is C10H14N2S2. The van der Waals surface area contributed by atoms with Gasteiger partial charge in [0.25, 0.3) is 0 Å². The van der Waals surface area contributed by atoms with Crippen molar-refractivity contribution >= 4 is 28.3 Å². The summed E-state index contributed by atoms with van der Waals surface area (Å²) in [6, 6.07) is 2.26. The fourth-order valence-corrected chi connectivity index (χ4v) is 3.07. The highest BCUT2D eigenvalue weighted by atomic mass is 32.2. The molecule has 1 aromatic heterocycles. The molecule has 0 amide bonds. The first kappa shape index (κ1) is 10.1. The lowest BCUT2D eigenvalue weighted by Gasteiger charge is -2.01. The van der Waals surface area contributed by atoms with Crippen LogP contribution in [0, 0.1) is 13.8 Å². The maximum atomic E-state index is 4.35. The van der Waals surface area contributed by atoms with Gasteiger partial charge in [-0.3, -0.25) is 4.99 Å². The van der Waals surface area contributed by atoms with Crippen molar-refractivity contribution in [1.82, 2.24) is 5.32 Å². The molecule has 0 spiro atoms. The molecule has 0 fully saturated rings. The fraction of sp³-hybridized carbons (Fsp3) is 0.500. The number of amidine groups is 1. The first-order valence-corrected chi connectivity index (χ1v) is 6.53. The largest absolute Gasteiger partial charge is 0.360 e. The number of thioether (sulfide) groups is 1. The molecule has 1 aliphatic heterocycles. The standard InChI is InChI=1S/C10H14N2S2/c1-7-5-9(14-8(7)2)6-12-10-11-3-4-13-10/h5H,3-4,6H2,1-2H3,(H,11,12). The SMILES string of the molecule is Cc1cc(CNC2=NCCS2)sc1C. The maximum Gasteiger partial charge on any atom is 0.156 e. The highest BCUT2D eigenvalue weighted by Crippen LogP contribution is 2.20. The second-order valence-corrected chi connectivity index (χ2v) is 5.77. The Balaban J connectivity index is 1.91. The maximum absolute atomic E-state index is 4.35. The van der Waals surface area contributed by atoms with E-state index in [1.807, 2.05) is 23.1 Å². The molecule has 1 aliphatic rings. The molecule has 76 valence electrons. The summed E-state index contributed by atoms with van der Waals surface area (Å²) in [5.74, 6) is 1.13. The molecular weight excluding hydrogens is 212 g/mol. The Kier molecular flexibility index (Phi) is 3.13. The van der Waals surface area contributed by atoms with Crippen LogP contribution in [0.5, 0.6) is 0 Å². The molecule has 1 aromatic rings. The van der Waals surface area contributed by atoms with E-state index in [0.717, 1.165) is 24.0 Å². The third-order valence-corrected chi connectivity index (χ3v) is 4.30. The predicted molar refractivity (Wildman–Crippen MR) is 65.4 cm³/mol. The lowest BCUT2D eigenvalue weighted by atomic mass is 10.3. The molecule has 0 radical (unpaired) electrons. The minimum atomic E-state index is 0.922. The lowest BCUT2D eigenvalue weighted by molar-refractivity contribution is 0.942. The van der Waals surface area contributed by atoms with Crippen molar-refractivity contribution in [2.45, 2.75) is 20.4 Å². The van der Waals surface area contributed by atoms with Crippen molar-refractivity contribution in [2.75, 3.05) is 12.3 Å². The molecule has 0 saturated heterocycles. The van der Waals surface area contributed by atoms with Crippen LogP contribution in [0.25, 0.3) is 0 Å². The zero-order valence-corrected chi connectivity index (χ0v) is 10.1. The predicted octanol–water partition coefficient (Wildman–Crippen LogP) is 2.56. The molecule has 2 heterocycles. The molecule has 0 bridgehead atoms. The zero-order valence-electron chi connectivity index (χ0n) is 8.46. The van der Waals surface area contributed by atoms with Gasteiger partial charge in [-0.15, -0.1) is 11.3 Å². The first-order valence-electron chi connectivity index (χ1n) is 4.73. The van der Waals surface area contributed by atoms with Crippen molar-refractivity contribution in [3.63, 3.8) is 0 Å². The van der Waals surface area contributed by atoms with E-state index in [4.69, 9.17) is 0 Å². The third kappa shape index (κ3) is 2.30. The van der Waals surface area contributed by atoms with Crippen molar-refractivity contribution in [1.29, 1.82) is 0 Å². The van der Waals surface area contributed by atoms with Crippen LogP contribution in [-0.2, 0) is 6.54 Å². The number of hydrogen-bond donors (Lipinski definition) is 1. The summed E-state index contributed by atoms with van der Waals surface area (Å²) in [5.41, 5.74) is 1.40. The summed E-state index contributed by atoms with van der Waals surface area (Å²) in [5, 5.41) is 4.47. The van der Waals surface area contributed by atoms with Gasteiger partial charge in [0.1, 0.15) is 0 Å². The van der Waals surface area contributed by atoms with Gasteiger partial charge in [-0.2, -0.15) is 0 Å². The first-order chi connectivity index (χ1) is 6.75. The van der Waals surface area contributed by atoms with E-state index in [2.05, 4.69) is 30.2 Å². The fourth-order valence-electron chi connectivity index (χ4n) is 1.34. The Morgan fingerprint density at radius 3 is 2.93 bits per heavy atom. The van der Waals surface area contributed by atoms with Gasteiger partial charge in [0.2, 0.25) is 0 Å². The van der Waals surface area contributed by atoms with Crippen LogP contribution in [0.4, 0.5) is 0 Å². The number of rotatable bonds is 2. The second kappa shape index (κ2) is 4.36. The molecule has 2 rings (SSSR count). The number of aliphatic imine (C=N–C) groups is 1. The molecule has 0 aliphatic carbocycles. The van der Waals surface area contributed by atoms with Gasteiger partial charge in [-0.1, -0.05) is 11.8 Å². The highest BCUT2D eigenvalue weighted by Gasteiger charge is 2.07. The molecule has 0 saturated carbocycles. The van der Waals surface area contributed by atoms with E-state index in [0.29, 0.717) is 0 Å². The molecule has 2 nitrogen and oxygen atoms in total. The Morgan fingerprint density at radius 1 is 1.50 bits per heavy atom. The van der Waals surface area contributed by atoms with Gasteiger partial charge in [-0.05, 0) is 25.5 Å². The lowest BCUT2D eigenvalue weighted by Crippen LogP contribution is -2.17. The quantitative estimate of drug-likeness (QED) is 0.838. The monoisotopic (exact) mass is 226 g/mol. The van der Waals surface area contributed by atoms with E-state index < -0.39 is 0 Å². The molecule has 1 N–H and O–H groups in total. The van der Waals surface area contributed by atoms with Crippen LogP contribution in [-0.4, -0.2) is 17.5 Å². The molecule has 4 heteroatoms. The van der Waals surface area contributed by atoms with Gasteiger partial charge >= 0.3 is 0 Å². The van der Waals surface area contributed by atoms with Gasteiger partial charge < -0.3 is 5.32 Å². The molecule has 0 aromatic carbocycles. The Labute approximate surface area is 92.8 Å². The minimum Gasteiger partial charge on any atom is -0.360 e. The number of aryl methyl sites for hydroxylation is 2. The summed E-state index contributed by atoms with van der Waals surface area (Å²) in [4.78, 5) is 7.17. The van der Waals surface area contributed by atoms with E-state index in [9.17, 15) is 0 Å². The van der Waals surface area contributed by atoms with Crippen molar-refractivity contribution < 1.29 is 0 Å². The summed E-state index contributed by atoms with van der Waals surface area (Å²) < 4.78 is 0. The number of nitrogens with one attached hydrogen (secondary N) is 1. The van der Waals surface area contributed by atoms with Crippen LogP contribution in [0.3, 0.4) is 0 Å². The highest BCUT2D eigenvalue weighted by molar-refractivity contribution is 8.14. The van der Waals surface area contributed by atoms with Crippen LogP contribution >= 0.6 is 23.1 Å². The number of nitrogens with zero attached hydrogens (tertiary/aromatic N) is 1. The molecule has 14 heavy (non-hydrogen) atoms. The summed E-state index contributed by atoms with van der Waals surface area (Å²) >= 11 is 3.69. The number of hydrogen-bond acceptors (Lipinski definition) is 4. The van der Waals surface area contributed by atoms with Crippen LogP contribution in [0.1, 0.15) is 15.3 Å². The average Bonchev–Trinajstić information content (AvgIpc) is 2.74. The van der Waals surface area contributed by atoms with Crippen LogP contribution in [0.2, 0.25) is 0 Å². The number of thiophene rings is 1. The van der Waals surface area contributed by atoms with Gasteiger partial charge in [-0.25, -0.2) is 0 Å². The summed E-state index contributed by atoms with van der Waals surface area (Å²) in [7, 11) is 0. The van der Waals surface area contributed by atoms with Gasteiger partial charge in [0.15, 0.2) is 5.17 Å². The Hall–Kier alpha value is -0.480.